The van der Waals surface area contributed by atoms with Crippen molar-refractivity contribution in [3.8, 4) is 18.1 Å². The molecular weight excluding hydrogens is 314 g/mol. The summed E-state index contributed by atoms with van der Waals surface area (Å²) < 4.78 is 5.22. The first-order valence-corrected chi connectivity index (χ1v) is 9.34. The van der Waals surface area contributed by atoms with E-state index < -0.39 is 0 Å². The number of ether oxygens (including phenoxy) is 1. The number of fused-ring (bicyclic) bond motifs is 1. The highest BCUT2D eigenvalue weighted by Gasteiger charge is 2.21. The molecule has 2 aromatic carbocycles. The Bertz CT molecular complexity index is 718. The minimum Gasteiger partial charge on any atom is -0.497 e. The number of benzene rings is 2. The molecule has 0 fully saturated rings. The van der Waals surface area contributed by atoms with Crippen LogP contribution in [0.15, 0.2) is 47.4 Å². The lowest BCUT2D eigenvalue weighted by Gasteiger charge is -2.27. The monoisotopic (exact) mass is 337 g/mol. The zero-order valence-electron chi connectivity index (χ0n) is 14.0. The molecule has 0 spiro atoms. The second-order valence-electron chi connectivity index (χ2n) is 5.99. The summed E-state index contributed by atoms with van der Waals surface area (Å²) in [7, 11) is 1.70. The SMILES string of the molecule is C#CCNC1CCCc2c(SCc3ccc(OC)cc3)cccc21. The number of hydrogen-bond donors (Lipinski definition) is 1. The quantitative estimate of drug-likeness (QED) is 0.615. The molecule has 0 heterocycles. The standard InChI is InChI=1S/C21H23NOS/c1-3-14-22-20-8-4-7-19-18(20)6-5-9-21(19)24-15-16-10-12-17(23-2)13-11-16/h1,5-6,9-13,20,22H,4,7-8,14-15H2,2H3. The van der Waals surface area contributed by atoms with E-state index in [-0.39, 0.29) is 0 Å². The van der Waals surface area contributed by atoms with E-state index >= 15 is 0 Å². The molecule has 3 rings (SSSR count). The van der Waals surface area contributed by atoms with Crippen LogP contribution in [0.5, 0.6) is 5.75 Å². The highest BCUT2D eigenvalue weighted by atomic mass is 32.2. The van der Waals surface area contributed by atoms with E-state index in [2.05, 4.69) is 41.6 Å². The van der Waals surface area contributed by atoms with Gasteiger partial charge in [-0.2, -0.15) is 0 Å². The maximum Gasteiger partial charge on any atom is 0.118 e. The Morgan fingerprint density at radius 2 is 2.08 bits per heavy atom. The van der Waals surface area contributed by atoms with Crippen LogP contribution in [0, 0.1) is 12.3 Å². The van der Waals surface area contributed by atoms with E-state index in [1.54, 1.807) is 7.11 Å². The number of terminal acetylenes is 1. The number of rotatable bonds is 6. The summed E-state index contributed by atoms with van der Waals surface area (Å²) in [4.78, 5) is 1.40. The zero-order valence-corrected chi connectivity index (χ0v) is 14.9. The molecule has 0 aliphatic heterocycles. The molecule has 2 aromatic rings. The molecular formula is C21H23NOS. The van der Waals surface area contributed by atoms with Crippen molar-refractivity contribution >= 4 is 11.8 Å². The maximum atomic E-state index is 5.40. The Morgan fingerprint density at radius 3 is 2.83 bits per heavy atom. The second-order valence-corrected chi connectivity index (χ2v) is 7.01. The maximum absolute atomic E-state index is 5.40. The van der Waals surface area contributed by atoms with Crippen LogP contribution in [-0.2, 0) is 12.2 Å². The average Bonchev–Trinajstić information content (AvgIpc) is 2.65. The number of thioether (sulfide) groups is 1. The van der Waals surface area contributed by atoms with Gasteiger partial charge in [-0.25, -0.2) is 0 Å². The fraction of sp³-hybridized carbons (Fsp3) is 0.333. The molecule has 0 saturated carbocycles. The summed E-state index contributed by atoms with van der Waals surface area (Å²) in [5.41, 5.74) is 4.24. The first-order valence-electron chi connectivity index (χ1n) is 8.36. The molecule has 0 bridgehead atoms. The van der Waals surface area contributed by atoms with Crippen LogP contribution in [0.1, 0.15) is 35.6 Å². The molecule has 0 aromatic heterocycles. The summed E-state index contributed by atoms with van der Waals surface area (Å²) in [5, 5.41) is 3.48. The van der Waals surface area contributed by atoms with Crippen LogP contribution in [0.25, 0.3) is 0 Å². The van der Waals surface area contributed by atoms with Gasteiger partial charge in [0.2, 0.25) is 0 Å². The van der Waals surface area contributed by atoms with Crippen LogP contribution in [-0.4, -0.2) is 13.7 Å². The predicted octanol–water partition coefficient (Wildman–Crippen LogP) is 4.59. The van der Waals surface area contributed by atoms with Crippen molar-refractivity contribution in [2.24, 2.45) is 0 Å². The third-order valence-electron chi connectivity index (χ3n) is 4.47. The molecule has 124 valence electrons. The smallest absolute Gasteiger partial charge is 0.118 e. The minimum absolute atomic E-state index is 0.395. The molecule has 1 atom stereocenters. The molecule has 0 amide bonds. The highest BCUT2D eigenvalue weighted by molar-refractivity contribution is 7.98. The summed E-state index contributed by atoms with van der Waals surface area (Å²) >= 11 is 1.92. The third-order valence-corrected chi connectivity index (χ3v) is 5.64. The van der Waals surface area contributed by atoms with E-state index in [1.807, 2.05) is 23.9 Å². The van der Waals surface area contributed by atoms with Crippen molar-refractivity contribution < 1.29 is 4.74 Å². The van der Waals surface area contributed by atoms with E-state index in [0.29, 0.717) is 12.6 Å². The molecule has 1 N–H and O–H groups in total. The lowest BCUT2D eigenvalue weighted by Crippen LogP contribution is -2.25. The Kier molecular flexibility index (Phi) is 5.85. The van der Waals surface area contributed by atoms with Crippen molar-refractivity contribution in [2.45, 2.75) is 36.0 Å². The Labute approximate surface area is 149 Å². The fourth-order valence-corrected chi connectivity index (χ4v) is 4.31. The first kappa shape index (κ1) is 17.0. The molecule has 0 saturated heterocycles. The largest absolute Gasteiger partial charge is 0.497 e. The van der Waals surface area contributed by atoms with Crippen LogP contribution >= 0.6 is 11.8 Å². The summed E-state index contributed by atoms with van der Waals surface area (Å²) in [6.45, 7) is 0.632. The molecule has 24 heavy (non-hydrogen) atoms. The molecule has 1 aliphatic rings. The molecule has 3 heteroatoms. The van der Waals surface area contributed by atoms with Crippen LogP contribution in [0.2, 0.25) is 0 Å². The van der Waals surface area contributed by atoms with E-state index in [0.717, 1.165) is 17.9 Å². The summed E-state index contributed by atoms with van der Waals surface area (Å²) in [6.07, 6.45) is 8.95. The number of nitrogens with one attached hydrogen (secondary N) is 1. The minimum atomic E-state index is 0.395. The van der Waals surface area contributed by atoms with E-state index in [1.165, 1.54) is 34.4 Å². The molecule has 0 radical (unpaired) electrons. The Hall–Kier alpha value is -1.89. The van der Waals surface area contributed by atoms with E-state index in [4.69, 9.17) is 11.2 Å². The van der Waals surface area contributed by atoms with Crippen LogP contribution in [0.3, 0.4) is 0 Å². The first-order chi connectivity index (χ1) is 11.8. The van der Waals surface area contributed by atoms with Gasteiger partial charge >= 0.3 is 0 Å². The van der Waals surface area contributed by atoms with Gasteiger partial charge in [-0.15, -0.1) is 18.2 Å². The summed E-state index contributed by atoms with van der Waals surface area (Å²) in [5.74, 6) is 4.57. The lowest BCUT2D eigenvalue weighted by molar-refractivity contribution is 0.414. The fourth-order valence-electron chi connectivity index (χ4n) is 3.23. The summed E-state index contributed by atoms with van der Waals surface area (Å²) in [6, 6.07) is 15.4. The van der Waals surface area contributed by atoms with Crippen LogP contribution in [0.4, 0.5) is 0 Å². The van der Waals surface area contributed by atoms with Gasteiger partial charge in [-0.05, 0) is 54.2 Å². The van der Waals surface area contributed by atoms with Gasteiger partial charge in [-0.3, -0.25) is 5.32 Å². The number of hydrogen-bond acceptors (Lipinski definition) is 3. The van der Waals surface area contributed by atoms with Crippen molar-refractivity contribution in [2.75, 3.05) is 13.7 Å². The van der Waals surface area contributed by atoms with Gasteiger partial charge in [-0.1, -0.05) is 30.2 Å². The molecule has 1 aliphatic carbocycles. The topological polar surface area (TPSA) is 21.3 Å². The van der Waals surface area contributed by atoms with Crippen molar-refractivity contribution in [1.29, 1.82) is 0 Å². The molecule has 2 nitrogen and oxygen atoms in total. The van der Waals surface area contributed by atoms with Gasteiger partial charge < -0.3 is 4.74 Å². The predicted molar refractivity (Wildman–Crippen MR) is 102 cm³/mol. The number of methoxy groups -OCH3 is 1. The van der Waals surface area contributed by atoms with Crippen molar-refractivity contribution in [1.82, 2.24) is 5.32 Å². The van der Waals surface area contributed by atoms with Crippen molar-refractivity contribution in [3.63, 3.8) is 0 Å². The Morgan fingerprint density at radius 1 is 1.25 bits per heavy atom. The normalized spacial score (nSPS) is 16.2. The van der Waals surface area contributed by atoms with Crippen LogP contribution < -0.4 is 10.1 Å². The molecule has 1 unspecified atom stereocenters. The second kappa shape index (κ2) is 8.28. The average molecular weight is 337 g/mol. The van der Waals surface area contributed by atoms with Gasteiger partial charge in [0.15, 0.2) is 0 Å². The zero-order chi connectivity index (χ0) is 16.8. The van der Waals surface area contributed by atoms with Gasteiger partial charge in [0.1, 0.15) is 5.75 Å². The van der Waals surface area contributed by atoms with E-state index in [9.17, 15) is 0 Å². The highest BCUT2D eigenvalue weighted by Crippen LogP contribution is 2.37. The van der Waals surface area contributed by atoms with Gasteiger partial charge in [0.05, 0.1) is 13.7 Å². The van der Waals surface area contributed by atoms with Crippen molar-refractivity contribution in [3.05, 3.63) is 59.2 Å². The van der Waals surface area contributed by atoms with Gasteiger partial charge in [0, 0.05) is 16.7 Å². The third kappa shape index (κ3) is 3.95. The van der Waals surface area contributed by atoms with Gasteiger partial charge in [0.25, 0.3) is 0 Å². The Balaban J connectivity index is 1.73. The lowest BCUT2D eigenvalue weighted by atomic mass is 9.87.